The number of fused-ring (bicyclic) bond motifs is 1. The van der Waals surface area contributed by atoms with Crippen LogP contribution in [0.5, 0.6) is 5.75 Å². The molecule has 2 nitrogen and oxygen atoms in total. The third-order valence-corrected chi connectivity index (χ3v) is 1.88. The average Bonchev–Trinajstić information content (AvgIpc) is 2.34. The van der Waals surface area contributed by atoms with Crippen molar-refractivity contribution in [3.8, 4) is 5.75 Å². The summed E-state index contributed by atoms with van der Waals surface area (Å²) in [6, 6.07) is 4.27. The molecule has 1 heterocycles. The van der Waals surface area contributed by atoms with Crippen molar-refractivity contribution in [2.75, 3.05) is 7.18 Å². The van der Waals surface area contributed by atoms with E-state index in [2.05, 4.69) is 9.47 Å². The summed E-state index contributed by atoms with van der Waals surface area (Å²) in [6.45, 7) is 5.72. The third-order valence-electron chi connectivity index (χ3n) is 1.88. The summed E-state index contributed by atoms with van der Waals surface area (Å²) in [5.41, 5.74) is 0.750. The van der Waals surface area contributed by atoms with Crippen LogP contribution in [0.2, 0.25) is 0 Å². The molecule has 0 saturated carbocycles. The molecule has 1 aromatic carbocycles. The van der Waals surface area contributed by atoms with E-state index >= 15 is 0 Å². The molecule has 0 aromatic heterocycles. The number of ether oxygens (including phenoxy) is 2. The molecule has 0 radical (unpaired) electrons. The Morgan fingerprint density at radius 2 is 1.72 bits per heavy atom. The van der Waals surface area contributed by atoms with Gasteiger partial charge in [0.25, 0.3) is 0 Å². The number of aryl methyl sites for hydroxylation is 1. The lowest BCUT2D eigenvalue weighted by molar-refractivity contribution is -0.398. The fraction of sp³-hybridized carbons (Fsp3) is 0.500. The Bertz CT molecular complexity index is 369. The van der Waals surface area contributed by atoms with Gasteiger partial charge in [-0.2, -0.15) is 0 Å². The highest BCUT2D eigenvalue weighted by Crippen LogP contribution is 2.41. The Kier molecular flexibility index (Phi) is 6.68. The van der Waals surface area contributed by atoms with E-state index in [0.717, 1.165) is 5.56 Å². The largest absolute Gasteiger partial charge is 0.538 e. The standard InChI is InChI=1S/C9H7F3O2.C2H6.CH3F/c1-5-2-3-7-6(4-5)8(10)14-9(11,12)13-7;2*1-2/h2-4,8H,1H3;1-2H3;1H3. The summed E-state index contributed by atoms with van der Waals surface area (Å²) >= 11 is 0. The maximum atomic E-state index is 13.1. The lowest BCUT2D eigenvalue weighted by Crippen LogP contribution is -2.33. The third kappa shape index (κ3) is 4.18. The maximum absolute atomic E-state index is 13.1. The summed E-state index contributed by atoms with van der Waals surface area (Å²) in [5.74, 6) is -0.181. The Labute approximate surface area is 104 Å². The molecule has 1 unspecified atom stereocenters. The van der Waals surface area contributed by atoms with Gasteiger partial charge >= 0.3 is 6.29 Å². The minimum absolute atomic E-state index is 0.00377. The number of hydrogen-bond donors (Lipinski definition) is 0. The van der Waals surface area contributed by atoms with E-state index in [1.165, 1.54) is 12.1 Å². The molecule has 1 aliphatic rings. The smallest absolute Gasteiger partial charge is 0.409 e. The van der Waals surface area contributed by atoms with Gasteiger partial charge in [0.15, 0.2) is 0 Å². The van der Waals surface area contributed by atoms with E-state index in [0.29, 0.717) is 7.18 Å². The van der Waals surface area contributed by atoms with Crippen LogP contribution in [0.15, 0.2) is 18.2 Å². The van der Waals surface area contributed by atoms with Gasteiger partial charge < -0.3 is 4.74 Å². The molecule has 0 bridgehead atoms. The normalized spacial score (nSPS) is 19.2. The van der Waals surface area contributed by atoms with E-state index in [-0.39, 0.29) is 11.3 Å². The molecule has 1 atom stereocenters. The zero-order chi connectivity index (χ0) is 14.3. The molecule has 18 heavy (non-hydrogen) atoms. The van der Waals surface area contributed by atoms with Crippen molar-refractivity contribution in [3.05, 3.63) is 29.3 Å². The first-order chi connectivity index (χ1) is 8.48. The molecule has 1 aliphatic heterocycles. The maximum Gasteiger partial charge on any atom is 0.538 e. The molecule has 0 fully saturated rings. The number of halogens is 4. The quantitative estimate of drug-likeness (QED) is 0.643. The molecule has 2 rings (SSSR count). The molecule has 104 valence electrons. The summed E-state index contributed by atoms with van der Waals surface area (Å²) in [6.07, 6.45) is -6.03. The van der Waals surface area contributed by atoms with E-state index in [1.807, 2.05) is 13.8 Å². The van der Waals surface area contributed by atoms with Crippen molar-refractivity contribution in [1.29, 1.82) is 0 Å². The number of rotatable bonds is 0. The Balaban J connectivity index is 0.000000659. The van der Waals surface area contributed by atoms with Gasteiger partial charge in [-0.05, 0) is 19.1 Å². The van der Waals surface area contributed by atoms with E-state index in [1.54, 1.807) is 13.0 Å². The topological polar surface area (TPSA) is 18.5 Å². The SMILES string of the molecule is CC.CF.Cc1ccc2c(c1)C(F)OC(F)(F)O2. The highest BCUT2D eigenvalue weighted by atomic mass is 19.3. The van der Waals surface area contributed by atoms with Gasteiger partial charge in [-0.15, -0.1) is 8.78 Å². The molecule has 0 spiro atoms. The van der Waals surface area contributed by atoms with Gasteiger partial charge in [0.05, 0.1) is 12.7 Å². The van der Waals surface area contributed by atoms with Crippen molar-refractivity contribution in [3.63, 3.8) is 0 Å². The lowest BCUT2D eigenvalue weighted by atomic mass is 10.1. The fourth-order valence-electron chi connectivity index (χ4n) is 1.27. The van der Waals surface area contributed by atoms with Gasteiger partial charge in [-0.25, -0.2) is 9.13 Å². The minimum atomic E-state index is -3.89. The van der Waals surface area contributed by atoms with Gasteiger partial charge in [-0.1, -0.05) is 25.5 Å². The Hall–Kier alpha value is -1.30. The van der Waals surface area contributed by atoms with E-state index < -0.39 is 12.7 Å². The highest BCUT2D eigenvalue weighted by molar-refractivity contribution is 5.38. The molecule has 0 amide bonds. The lowest BCUT2D eigenvalue weighted by Gasteiger charge is -2.27. The van der Waals surface area contributed by atoms with Crippen molar-refractivity contribution in [2.24, 2.45) is 0 Å². The first-order valence-electron chi connectivity index (χ1n) is 5.35. The average molecular weight is 268 g/mol. The summed E-state index contributed by atoms with van der Waals surface area (Å²) < 4.78 is 55.6. The molecular weight excluding hydrogens is 252 g/mol. The zero-order valence-corrected chi connectivity index (χ0v) is 10.6. The van der Waals surface area contributed by atoms with Gasteiger partial charge in [0, 0.05) is 0 Å². The van der Waals surface area contributed by atoms with Crippen molar-refractivity contribution >= 4 is 0 Å². The molecule has 0 N–H and O–H groups in total. The highest BCUT2D eigenvalue weighted by Gasteiger charge is 2.43. The van der Waals surface area contributed by atoms with Crippen LogP contribution >= 0.6 is 0 Å². The first kappa shape index (κ1) is 16.7. The molecule has 0 aliphatic carbocycles. The zero-order valence-electron chi connectivity index (χ0n) is 10.6. The van der Waals surface area contributed by atoms with Crippen LogP contribution in [0.3, 0.4) is 0 Å². The first-order valence-corrected chi connectivity index (χ1v) is 5.35. The van der Waals surface area contributed by atoms with Crippen LogP contribution in [0.1, 0.15) is 31.3 Å². The predicted octanol–water partition coefficient (Wildman–Crippen LogP) is 4.53. The molecule has 1 aromatic rings. The van der Waals surface area contributed by atoms with E-state index in [4.69, 9.17) is 0 Å². The van der Waals surface area contributed by atoms with Crippen molar-refractivity contribution in [2.45, 2.75) is 33.4 Å². The predicted molar refractivity (Wildman–Crippen MR) is 60.1 cm³/mol. The van der Waals surface area contributed by atoms with Crippen LogP contribution < -0.4 is 4.74 Å². The second-order valence-corrected chi connectivity index (χ2v) is 3.04. The van der Waals surface area contributed by atoms with Gasteiger partial charge in [-0.3, -0.25) is 4.39 Å². The van der Waals surface area contributed by atoms with Crippen LogP contribution in [0.4, 0.5) is 17.6 Å². The second-order valence-electron chi connectivity index (χ2n) is 3.04. The minimum Gasteiger partial charge on any atom is -0.409 e. The summed E-state index contributed by atoms with van der Waals surface area (Å²) in [7, 11) is 0.500. The Morgan fingerprint density at radius 3 is 2.28 bits per heavy atom. The van der Waals surface area contributed by atoms with Crippen LogP contribution in [0, 0.1) is 6.92 Å². The number of alkyl halides is 4. The second kappa shape index (κ2) is 7.20. The van der Waals surface area contributed by atoms with E-state index in [9.17, 15) is 17.6 Å². The number of benzene rings is 1. The number of hydrogen-bond acceptors (Lipinski definition) is 2. The summed E-state index contributed by atoms with van der Waals surface area (Å²) in [4.78, 5) is 0. The molecule has 0 saturated heterocycles. The molecule has 6 heteroatoms. The van der Waals surface area contributed by atoms with Crippen molar-refractivity contribution < 1.29 is 27.0 Å². The van der Waals surface area contributed by atoms with Gasteiger partial charge in [0.1, 0.15) is 5.75 Å². The Morgan fingerprint density at radius 1 is 1.17 bits per heavy atom. The molecular formula is C12H16F4O2. The summed E-state index contributed by atoms with van der Waals surface area (Å²) in [5, 5.41) is 0. The van der Waals surface area contributed by atoms with Crippen molar-refractivity contribution in [1.82, 2.24) is 0 Å². The monoisotopic (exact) mass is 268 g/mol. The van der Waals surface area contributed by atoms with Gasteiger partial charge in [0.2, 0.25) is 6.36 Å². The van der Waals surface area contributed by atoms with Crippen LogP contribution in [-0.2, 0) is 4.74 Å². The van der Waals surface area contributed by atoms with Crippen LogP contribution in [0.25, 0.3) is 0 Å². The van der Waals surface area contributed by atoms with Crippen LogP contribution in [-0.4, -0.2) is 13.5 Å². The fourth-order valence-corrected chi connectivity index (χ4v) is 1.27.